The van der Waals surface area contributed by atoms with Gasteiger partial charge in [-0.25, -0.2) is 14.8 Å². The van der Waals surface area contributed by atoms with Gasteiger partial charge in [-0.3, -0.25) is 0 Å². The van der Waals surface area contributed by atoms with Crippen LogP contribution in [0.5, 0.6) is 11.6 Å². The first kappa shape index (κ1) is 11.1. The molecule has 0 saturated carbocycles. The number of aryl methyl sites for hydroxylation is 1. The van der Waals surface area contributed by atoms with Crippen molar-refractivity contribution in [3.63, 3.8) is 0 Å². The predicted molar refractivity (Wildman–Crippen MR) is 60.2 cm³/mol. The van der Waals surface area contributed by atoms with Gasteiger partial charge in [0.2, 0.25) is 5.69 Å². The molecule has 0 unspecified atom stereocenters. The number of rotatable bonds is 3. The molecule has 1 aromatic carbocycles. The first-order valence-electron chi connectivity index (χ1n) is 4.95. The summed E-state index contributed by atoms with van der Waals surface area (Å²) in [5, 5.41) is 8.92. The zero-order valence-corrected chi connectivity index (χ0v) is 9.12. The maximum atomic E-state index is 10.9. The monoisotopic (exact) mass is 230 g/mol. The van der Waals surface area contributed by atoms with Crippen molar-refractivity contribution in [3.8, 4) is 11.6 Å². The lowest BCUT2D eigenvalue weighted by atomic mass is 10.2. The van der Waals surface area contributed by atoms with Crippen LogP contribution in [-0.2, 0) is 0 Å². The van der Waals surface area contributed by atoms with Crippen LogP contribution >= 0.6 is 0 Å². The first-order chi connectivity index (χ1) is 8.16. The van der Waals surface area contributed by atoms with E-state index in [1.165, 1.54) is 12.4 Å². The van der Waals surface area contributed by atoms with E-state index < -0.39 is 5.97 Å². The lowest BCUT2D eigenvalue weighted by Crippen LogP contribution is -2.04. The van der Waals surface area contributed by atoms with E-state index in [0.717, 1.165) is 5.56 Å². The lowest BCUT2D eigenvalue weighted by molar-refractivity contribution is 0.0686. The van der Waals surface area contributed by atoms with Gasteiger partial charge < -0.3 is 9.84 Å². The van der Waals surface area contributed by atoms with E-state index in [1.54, 1.807) is 12.1 Å². The third-order valence-corrected chi connectivity index (χ3v) is 2.07. The summed E-state index contributed by atoms with van der Waals surface area (Å²) in [5.41, 5.74) is 0.817. The van der Waals surface area contributed by atoms with Crippen molar-refractivity contribution >= 4 is 5.97 Å². The normalized spacial score (nSPS) is 9.94. The Morgan fingerprint density at radius 1 is 1.29 bits per heavy atom. The topological polar surface area (TPSA) is 72.3 Å². The molecule has 17 heavy (non-hydrogen) atoms. The highest BCUT2D eigenvalue weighted by molar-refractivity contribution is 5.87. The van der Waals surface area contributed by atoms with Gasteiger partial charge in [-0.05, 0) is 24.6 Å². The fourth-order valence-corrected chi connectivity index (χ4v) is 1.34. The number of hydrogen-bond donors (Lipinski definition) is 1. The molecule has 0 bridgehead atoms. The number of nitrogens with zero attached hydrogens (tertiary/aromatic N) is 2. The second-order valence-corrected chi connectivity index (χ2v) is 3.43. The molecule has 0 fully saturated rings. The molecule has 0 atom stereocenters. The number of carboxylic acids is 1. The van der Waals surface area contributed by atoms with E-state index in [-0.39, 0.29) is 11.6 Å². The number of carboxylic acid groups (broad SMARTS) is 1. The molecule has 0 saturated heterocycles. The van der Waals surface area contributed by atoms with E-state index in [2.05, 4.69) is 9.97 Å². The van der Waals surface area contributed by atoms with Crippen LogP contribution in [0.1, 0.15) is 16.1 Å². The van der Waals surface area contributed by atoms with E-state index in [0.29, 0.717) is 5.75 Å². The molecule has 5 heteroatoms. The Morgan fingerprint density at radius 2 is 2.06 bits per heavy atom. The van der Waals surface area contributed by atoms with Gasteiger partial charge in [0.15, 0.2) is 0 Å². The average molecular weight is 230 g/mol. The third-order valence-electron chi connectivity index (χ3n) is 2.07. The summed E-state index contributed by atoms with van der Waals surface area (Å²) < 4.78 is 5.40. The van der Waals surface area contributed by atoms with Gasteiger partial charge in [-0.15, -0.1) is 0 Å². The van der Waals surface area contributed by atoms with Gasteiger partial charge in [-0.1, -0.05) is 12.1 Å². The minimum atomic E-state index is -1.17. The Morgan fingerprint density at radius 3 is 2.76 bits per heavy atom. The quantitative estimate of drug-likeness (QED) is 0.875. The molecular formula is C12H10N2O3. The third kappa shape index (κ3) is 2.57. The Balaban J connectivity index is 2.33. The smallest absolute Gasteiger partial charge is 0.360 e. The summed E-state index contributed by atoms with van der Waals surface area (Å²) in [5.74, 6) is -0.639. The van der Waals surface area contributed by atoms with Crippen LogP contribution in [0.3, 0.4) is 0 Å². The maximum absolute atomic E-state index is 10.9. The minimum Gasteiger partial charge on any atom is -0.476 e. The van der Waals surface area contributed by atoms with Crippen molar-refractivity contribution in [2.45, 2.75) is 6.92 Å². The van der Waals surface area contributed by atoms with Crippen LogP contribution in [0, 0.1) is 6.92 Å². The minimum absolute atomic E-state index is 0.00870. The molecule has 1 heterocycles. The van der Waals surface area contributed by atoms with Crippen LogP contribution < -0.4 is 4.74 Å². The van der Waals surface area contributed by atoms with Crippen molar-refractivity contribution in [2.75, 3.05) is 0 Å². The van der Waals surface area contributed by atoms with Crippen LogP contribution in [0.4, 0.5) is 0 Å². The standard InChI is InChI=1S/C12H10N2O3/c1-8-3-2-4-9(7-8)17-11-10(12(15)16)13-5-6-14-11/h2-7H,1H3,(H,15,16). The number of ether oxygens (including phenoxy) is 1. The SMILES string of the molecule is Cc1cccc(Oc2nccnc2C(=O)O)c1. The molecule has 0 aliphatic carbocycles. The van der Waals surface area contributed by atoms with E-state index in [4.69, 9.17) is 9.84 Å². The molecule has 0 aliphatic rings. The van der Waals surface area contributed by atoms with Gasteiger partial charge in [0.05, 0.1) is 0 Å². The highest BCUT2D eigenvalue weighted by Crippen LogP contribution is 2.22. The molecule has 1 aromatic heterocycles. The summed E-state index contributed by atoms with van der Waals surface area (Å²) in [6.07, 6.45) is 2.70. The summed E-state index contributed by atoms with van der Waals surface area (Å²) in [6.45, 7) is 1.92. The lowest BCUT2D eigenvalue weighted by Gasteiger charge is -2.06. The van der Waals surface area contributed by atoms with Gasteiger partial charge in [-0.2, -0.15) is 0 Å². The summed E-state index contributed by atoms with van der Waals surface area (Å²) >= 11 is 0. The number of benzene rings is 1. The molecule has 1 N–H and O–H groups in total. The van der Waals surface area contributed by atoms with Crippen LogP contribution in [0.2, 0.25) is 0 Å². The van der Waals surface area contributed by atoms with Crippen LogP contribution in [-0.4, -0.2) is 21.0 Å². The fraction of sp³-hybridized carbons (Fsp3) is 0.0833. The van der Waals surface area contributed by atoms with E-state index in [9.17, 15) is 4.79 Å². The Labute approximate surface area is 97.7 Å². The van der Waals surface area contributed by atoms with Crippen molar-refractivity contribution in [3.05, 3.63) is 47.9 Å². The zero-order chi connectivity index (χ0) is 12.3. The van der Waals surface area contributed by atoms with Gasteiger partial charge in [0, 0.05) is 12.4 Å². The average Bonchev–Trinajstić information content (AvgIpc) is 2.29. The van der Waals surface area contributed by atoms with E-state index >= 15 is 0 Å². The summed E-state index contributed by atoms with van der Waals surface area (Å²) in [4.78, 5) is 18.5. The number of aromatic carboxylic acids is 1. The second-order valence-electron chi connectivity index (χ2n) is 3.43. The summed E-state index contributed by atoms with van der Waals surface area (Å²) in [7, 11) is 0. The maximum Gasteiger partial charge on any atom is 0.360 e. The zero-order valence-electron chi connectivity index (χ0n) is 9.12. The largest absolute Gasteiger partial charge is 0.476 e. The molecule has 2 rings (SSSR count). The van der Waals surface area contributed by atoms with Crippen molar-refractivity contribution in [1.29, 1.82) is 0 Å². The molecule has 0 aliphatic heterocycles. The van der Waals surface area contributed by atoms with Crippen molar-refractivity contribution < 1.29 is 14.6 Å². The Hall–Kier alpha value is -2.43. The van der Waals surface area contributed by atoms with Crippen LogP contribution in [0.25, 0.3) is 0 Å². The fourth-order valence-electron chi connectivity index (χ4n) is 1.34. The van der Waals surface area contributed by atoms with Crippen LogP contribution in [0.15, 0.2) is 36.7 Å². The van der Waals surface area contributed by atoms with Gasteiger partial charge in [0.1, 0.15) is 5.75 Å². The number of hydrogen-bond acceptors (Lipinski definition) is 4. The second kappa shape index (κ2) is 4.61. The molecule has 0 spiro atoms. The van der Waals surface area contributed by atoms with Gasteiger partial charge in [0.25, 0.3) is 5.88 Å². The highest BCUT2D eigenvalue weighted by atomic mass is 16.5. The van der Waals surface area contributed by atoms with E-state index in [1.807, 2.05) is 19.1 Å². The number of aromatic nitrogens is 2. The molecule has 2 aromatic rings. The van der Waals surface area contributed by atoms with Crippen molar-refractivity contribution in [1.82, 2.24) is 9.97 Å². The molecule has 0 amide bonds. The predicted octanol–water partition coefficient (Wildman–Crippen LogP) is 2.28. The molecule has 86 valence electrons. The molecule has 5 nitrogen and oxygen atoms in total. The van der Waals surface area contributed by atoms with Crippen molar-refractivity contribution in [2.24, 2.45) is 0 Å². The molecule has 0 radical (unpaired) electrons. The van der Waals surface area contributed by atoms with Gasteiger partial charge >= 0.3 is 5.97 Å². The Kier molecular flexibility index (Phi) is 3.00. The summed E-state index contributed by atoms with van der Waals surface area (Å²) in [6, 6.07) is 7.26. The molecular weight excluding hydrogens is 220 g/mol. The Bertz CT molecular complexity index is 555. The first-order valence-corrected chi connectivity index (χ1v) is 4.95. The number of carbonyl (C=O) groups is 1. The highest BCUT2D eigenvalue weighted by Gasteiger charge is 2.14.